The normalized spacial score (nSPS) is 14.6. The van der Waals surface area contributed by atoms with Crippen LogP contribution in [0.1, 0.15) is 17.2 Å². The van der Waals surface area contributed by atoms with E-state index in [1.54, 1.807) is 30.0 Å². The fourth-order valence-corrected chi connectivity index (χ4v) is 4.03. The molecule has 3 heterocycles. The van der Waals surface area contributed by atoms with E-state index < -0.39 is 11.6 Å². The molecule has 0 saturated carbocycles. The molecule has 0 radical (unpaired) electrons. The van der Waals surface area contributed by atoms with Crippen LogP contribution < -0.4 is 15.6 Å². The van der Waals surface area contributed by atoms with Crippen molar-refractivity contribution in [3.8, 4) is 17.0 Å². The second kappa shape index (κ2) is 7.12. The monoisotopic (exact) mass is 441 g/mol. The Morgan fingerprint density at radius 3 is 2.67 bits per heavy atom. The van der Waals surface area contributed by atoms with E-state index in [1.807, 2.05) is 24.3 Å². The van der Waals surface area contributed by atoms with E-state index in [0.29, 0.717) is 44.3 Å². The Bertz CT molecular complexity index is 1320. The van der Waals surface area contributed by atoms with Crippen molar-refractivity contribution in [2.75, 3.05) is 12.4 Å². The Balaban J connectivity index is 1.80. The van der Waals surface area contributed by atoms with Gasteiger partial charge in [0.25, 0.3) is 5.56 Å². The molecule has 2 N–H and O–H groups in total. The number of hydrogen-bond donors (Lipinski definition) is 2. The number of methoxy groups -OCH3 is 1. The summed E-state index contributed by atoms with van der Waals surface area (Å²) in [5.74, 6) is 1.02. The molecule has 30 heavy (non-hydrogen) atoms. The lowest BCUT2D eigenvalue weighted by atomic mass is 9.92. The minimum Gasteiger partial charge on any atom is -0.497 e. The molecule has 4 aromatic rings. The molecule has 9 nitrogen and oxygen atoms in total. The predicted molar refractivity (Wildman–Crippen MR) is 112 cm³/mol. The zero-order chi connectivity index (χ0) is 20.8. The number of tetrazole rings is 1. The topological polar surface area (TPSA) is 111 Å². The van der Waals surface area contributed by atoms with Crippen molar-refractivity contribution >= 4 is 34.8 Å². The lowest BCUT2D eigenvalue weighted by Gasteiger charge is -2.28. The van der Waals surface area contributed by atoms with Gasteiger partial charge in [0.2, 0.25) is 5.95 Å². The van der Waals surface area contributed by atoms with Crippen molar-refractivity contribution in [1.29, 1.82) is 0 Å². The molecular weight excluding hydrogens is 429 g/mol. The standard InChI is InChI=1S/C19H13Cl2N7O2/c1-30-11-5-2-9(3-6-11)15-14-16(18(29)24-23-15)22-19-25-26-27-28(19)17(14)12-7-4-10(20)8-13(12)21/h2-8,17H,1H3,(H,24,29)(H,22,25,27). The number of rotatable bonds is 3. The van der Waals surface area contributed by atoms with Gasteiger partial charge < -0.3 is 10.1 Å². The average molecular weight is 442 g/mol. The number of aromatic amines is 1. The quantitative estimate of drug-likeness (QED) is 0.441. The van der Waals surface area contributed by atoms with Gasteiger partial charge in [0.05, 0.1) is 12.8 Å². The van der Waals surface area contributed by atoms with Crippen LogP contribution in [-0.2, 0) is 0 Å². The third kappa shape index (κ3) is 2.90. The van der Waals surface area contributed by atoms with Gasteiger partial charge in [-0.15, -0.1) is 0 Å². The molecule has 1 aliphatic heterocycles. The lowest BCUT2D eigenvalue weighted by Crippen LogP contribution is -2.29. The fourth-order valence-electron chi connectivity index (χ4n) is 3.52. The molecule has 1 atom stereocenters. The van der Waals surface area contributed by atoms with Crippen LogP contribution in [0.2, 0.25) is 10.0 Å². The van der Waals surface area contributed by atoms with E-state index >= 15 is 0 Å². The summed E-state index contributed by atoms with van der Waals surface area (Å²) in [6.45, 7) is 0. The number of hydrogen-bond acceptors (Lipinski definition) is 7. The maximum Gasteiger partial charge on any atom is 0.288 e. The minimum atomic E-state index is -0.595. The van der Waals surface area contributed by atoms with Crippen LogP contribution in [0.25, 0.3) is 11.3 Å². The molecule has 2 aromatic carbocycles. The highest BCUT2D eigenvalue weighted by Gasteiger charge is 2.35. The zero-order valence-corrected chi connectivity index (χ0v) is 16.9. The van der Waals surface area contributed by atoms with Crippen molar-refractivity contribution in [2.45, 2.75) is 6.04 Å². The second-order valence-corrected chi connectivity index (χ2v) is 7.40. The van der Waals surface area contributed by atoms with Crippen molar-refractivity contribution in [2.24, 2.45) is 0 Å². The highest BCUT2D eigenvalue weighted by Crippen LogP contribution is 2.43. The molecule has 11 heteroatoms. The molecule has 2 aromatic heterocycles. The first-order valence-corrected chi connectivity index (χ1v) is 9.59. The first-order valence-electron chi connectivity index (χ1n) is 8.83. The van der Waals surface area contributed by atoms with Gasteiger partial charge in [-0.25, -0.2) is 5.10 Å². The number of fused-ring (bicyclic) bond motifs is 2. The zero-order valence-electron chi connectivity index (χ0n) is 15.4. The summed E-state index contributed by atoms with van der Waals surface area (Å²) < 4.78 is 6.80. The van der Waals surface area contributed by atoms with Crippen molar-refractivity contribution in [3.05, 3.63) is 74.0 Å². The third-order valence-corrected chi connectivity index (χ3v) is 5.45. The molecule has 1 aliphatic rings. The maximum absolute atomic E-state index is 12.7. The number of halogens is 2. The molecule has 0 bridgehead atoms. The van der Waals surface area contributed by atoms with E-state index in [4.69, 9.17) is 27.9 Å². The van der Waals surface area contributed by atoms with Gasteiger partial charge in [0, 0.05) is 26.7 Å². The summed E-state index contributed by atoms with van der Waals surface area (Å²) >= 11 is 12.6. The molecule has 5 rings (SSSR count). The van der Waals surface area contributed by atoms with Gasteiger partial charge in [-0.3, -0.25) is 4.79 Å². The van der Waals surface area contributed by atoms with Crippen molar-refractivity contribution in [3.63, 3.8) is 0 Å². The van der Waals surface area contributed by atoms with E-state index in [1.165, 1.54) is 0 Å². The predicted octanol–water partition coefficient (Wildman–Crippen LogP) is 3.43. The molecule has 150 valence electrons. The number of ether oxygens (including phenoxy) is 1. The number of aromatic nitrogens is 6. The summed E-state index contributed by atoms with van der Waals surface area (Å²) in [5.41, 5.74) is 2.50. The highest BCUT2D eigenvalue weighted by atomic mass is 35.5. The van der Waals surface area contributed by atoms with Gasteiger partial charge in [-0.1, -0.05) is 34.4 Å². The summed E-state index contributed by atoms with van der Waals surface area (Å²) in [6, 6.07) is 11.9. The second-order valence-electron chi connectivity index (χ2n) is 6.56. The Kier molecular flexibility index (Phi) is 4.41. The molecule has 0 saturated heterocycles. The van der Waals surface area contributed by atoms with E-state index in [2.05, 4.69) is 31.0 Å². The van der Waals surface area contributed by atoms with Crippen molar-refractivity contribution < 1.29 is 4.74 Å². The Hall–Kier alpha value is -3.43. The average Bonchev–Trinajstić information content (AvgIpc) is 3.22. The first kappa shape index (κ1) is 18.6. The van der Waals surface area contributed by atoms with Crippen LogP contribution in [0, 0.1) is 0 Å². The summed E-state index contributed by atoms with van der Waals surface area (Å²) in [4.78, 5) is 12.7. The first-order chi connectivity index (χ1) is 14.6. The molecule has 0 aliphatic carbocycles. The van der Waals surface area contributed by atoms with Gasteiger partial charge in [0.1, 0.15) is 17.5 Å². The molecule has 0 fully saturated rings. The number of anilines is 2. The van der Waals surface area contributed by atoms with Gasteiger partial charge in [0.15, 0.2) is 0 Å². The van der Waals surface area contributed by atoms with Crippen molar-refractivity contribution in [1.82, 2.24) is 30.4 Å². The number of nitrogens with zero attached hydrogens (tertiary/aromatic N) is 5. The number of H-pyrrole nitrogens is 1. The van der Waals surface area contributed by atoms with Crippen LogP contribution in [0.4, 0.5) is 11.6 Å². The molecule has 0 spiro atoms. The van der Waals surface area contributed by atoms with Gasteiger partial charge in [-0.05, 0) is 46.8 Å². The Morgan fingerprint density at radius 1 is 1.13 bits per heavy atom. The summed E-state index contributed by atoms with van der Waals surface area (Å²) in [6.07, 6.45) is 0. The molecule has 0 amide bonds. The number of nitrogens with one attached hydrogen (secondary N) is 2. The SMILES string of the molecule is COc1ccc(-c2n[nH]c(=O)c3c2C(c2ccc(Cl)cc2Cl)n2nnnc2N3)cc1. The summed E-state index contributed by atoms with van der Waals surface area (Å²) in [5, 5.41) is 22.6. The van der Waals surface area contributed by atoms with Crippen LogP contribution in [0.3, 0.4) is 0 Å². The minimum absolute atomic E-state index is 0.300. The lowest BCUT2D eigenvalue weighted by molar-refractivity contribution is 0.415. The van der Waals surface area contributed by atoms with Crippen LogP contribution in [0.5, 0.6) is 5.75 Å². The van der Waals surface area contributed by atoms with E-state index in [-0.39, 0.29) is 0 Å². The largest absolute Gasteiger partial charge is 0.497 e. The van der Waals surface area contributed by atoms with Gasteiger partial charge >= 0.3 is 0 Å². The highest BCUT2D eigenvalue weighted by molar-refractivity contribution is 6.35. The Morgan fingerprint density at radius 2 is 1.93 bits per heavy atom. The third-order valence-electron chi connectivity index (χ3n) is 4.89. The van der Waals surface area contributed by atoms with E-state index in [9.17, 15) is 4.79 Å². The van der Waals surface area contributed by atoms with Crippen LogP contribution >= 0.6 is 23.2 Å². The van der Waals surface area contributed by atoms with Crippen LogP contribution in [-0.4, -0.2) is 37.5 Å². The number of benzene rings is 2. The van der Waals surface area contributed by atoms with Crippen LogP contribution in [0.15, 0.2) is 47.3 Å². The van der Waals surface area contributed by atoms with E-state index in [0.717, 1.165) is 5.56 Å². The maximum atomic E-state index is 12.7. The summed E-state index contributed by atoms with van der Waals surface area (Å²) in [7, 11) is 1.59. The van der Waals surface area contributed by atoms with Gasteiger partial charge in [-0.2, -0.15) is 9.78 Å². The molecular formula is C19H13Cl2N7O2. The fraction of sp³-hybridized carbons (Fsp3) is 0.105. The smallest absolute Gasteiger partial charge is 0.288 e. The Labute approximate surface area is 179 Å². The molecule has 1 unspecified atom stereocenters.